The number of rotatable bonds is 13. The molecule has 0 amide bonds. The lowest BCUT2D eigenvalue weighted by molar-refractivity contribution is -0.137. The molecule has 0 aromatic carbocycles. The summed E-state index contributed by atoms with van der Waals surface area (Å²) in [6, 6.07) is 0. The Morgan fingerprint density at radius 1 is 0.958 bits per heavy atom. The minimum absolute atomic E-state index is 0.186. The highest BCUT2D eigenvalue weighted by atomic mass is 16.4. The first-order chi connectivity index (χ1) is 11.6. The van der Waals surface area contributed by atoms with Crippen LogP contribution in [-0.2, 0) is 4.79 Å². The number of carboxylic acid groups (broad SMARTS) is 1. The van der Waals surface area contributed by atoms with E-state index < -0.39 is 12.1 Å². The molecule has 0 heterocycles. The number of hydrogen-bond donors (Lipinski definition) is 3. The van der Waals surface area contributed by atoms with E-state index in [4.69, 9.17) is 10.2 Å². The average Bonchev–Trinajstić information content (AvgIpc) is 2.90. The Morgan fingerprint density at radius 2 is 1.71 bits per heavy atom. The molecule has 4 nitrogen and oxygen atoms in total. The number of carbonyl (C=O) groups is 1. The molecule has 0 unspecified atom stereocenters. The SMILES string of the molecule is O=C(O)CCCC=CC[C@@H]1[C@@H](C=CCCCCCCO)C=C[C@@H]1O. The first-order valence-electron chi connectivity index (χ1n) is 9.16. The number of unbranched alkanes of at least 4 members (excludes halogenated alkanes) is 5. The second-order valence-electron chi connectivity index (χ2n) is 6.46. The van der Waals surface area contributed by atoms with Crippen LogP contribution in [0.4, 0.5) is 0 Å². The van der Waals surface area contributed by atoms with Gasteiger partial charge in [0.15, 0.2) is 0 Å². The summed E-state index contributed by atoms with van der Waals surface area (Å²) in [6.07, 6.45) is 19.8. The molecule has 0 saturated carbocycles. The van der Waals surface area contributed by atoms with E-state index in [0.717, 1.165) is 44.9 Å². The van der Waals surface area contributed by atoms with E-state index in [0.29, 0.717) is 6.42 Å². The summed E-state index contributed by atoms with van der Waals surface area (Å²) in [4.78, 5) is 10.4. The lowest BCUT2D eigenvalue weighted by Gasteiger charge is -2.18. The molecular weight excluding hydrogens is 304 g/mol. The molecule has 24 heavy (non-hydrogen) atoms. The minimum Gasteiger partial charge on any atom is -0.481 e. The van der Waals surface area contributed by atoms with Crippen molar-refractivity contribution >= 4 is 5.97 Å². The van der Waals surface area contributed by atoms with Crippen molar-refractivity contribution in [2.24, 2.45) is 11.8 Å². The van der Waals surface area contributed by atoms with Gasteiger partial charge in [0.1, 0.15) is 0 Å². The Labute approximate surface area is 145 Å². The molecule has 1 aliphatic carbocycles. The fourth-order valence-corrected chi connectivity index (χ4v) is 2.98. The molecule has 3 atom stereocenters. The molecule has 0 aromatic rings. The highest BCUT2D eigenvalue weighted by Crippen LogP contribution is 2.30. The smallest absolute Gasteiger partial charge is 0.303 e. The van der Waals surface area contributed by atoms with Crippen molar-refractivity contribution in [3.8, 4) is 0 Å². The van der Waals surface area contributed by atoms with Gasteiger partial charge in [0.05, 0.1) is 6.10 Å². The number of aliphatic hydroxyl groups is 2. The maximum Gasteiger partial charge on any atom is 0.303 e. The molecule has 4 heteroatoms. The van der Waals surface area contributed by atoms with Gasteiger partial charge in [-0.1, -0.05) is 49.3 Å². The molecule has 0 aliphatic heterocycles. The molecule has 136 valence electrons. The first-order valence-corrected chi connectivity index (χ1v) is 9.16. The summed E-state index contributed by atoms with van der Waals surface area (Å²) >= 11 is 0. The van der Waals surface area contributed by atoms with Crippen molar-refractivity contribution in [1.82, 2.24) is 0 Å². The van der Waals surface area contributed by atoms with Crippen LogP contribution in [0.15, 0.2) is 36.5 Å². The van der Waals surface area contributed by atoms with Crippen LogP contribution in [0.3, 0.4) is 0 Å². The molecular formula is C20H32O4. The second kappa shape index (κ2) is 13.0. The van der Waals surface area contributed by atoms with Gasteiger partial charge in [-0.3, -0.25) is 4.79 Å². The third kappa shape index (κ3) is 9.04. The Bertz CT molecular complexity index is 425. The first kappa shape index (κ1) is 20.7. The van der Waals surface area contributed by atoms with Crippen LogP contribution in [0.1, 0.15) is 57.8 Å². The Balaban J connectivity index is 2.24. The molecule has 1 rings (SSSR count). The Hall–Kier alpha value is -1.39. The fourth-order valence-electron chi connectivity index (χ4n) is 2.98. The Kier molecular flexibility index (Phi) is 11.2. The van der Waals surface area contributed by atoms with Gasteiger partial charge in [0.25, 0.3) is 0 Å². The summed E-state index contributed by atoms with van der Waals surface area (Å²) < 4.78 is 0. The van der Waals surface area contributed by atoms with E-state index in [1.165, 1.54) is 0 Å². The molecule has 0 spiro atoms. The van der Waals surface area contributed by atoms with Gasteiger partial charge in [-0.05, 0) is 38.5 Å². The molecule has 1 aliphatic rings. The van der Waals surface area contributed by atoms with Crippen LogP contribution >= 0.6 is 0 Å². The quantitative estimate of drug-likeness (QED) is 0.353. The summed E-state index contributed by atoms with van der Waals surface area (Å²) in [6.45, 7) is 0.284. The van der Waals surface area contributed by atoms with Crippen molar-refractivity contribution in [3.63, 3.8) is 0 Å². The van der Waals surface area contributed by atoms with Gasteiger partial charge >= 0.3 is 5.97 Å². The highest BCUT2D eigenvalue weighted by Gasteiger charge is 2.27. The highest BCUT2D eigenvalue weighted by molar-refractivity contribution is 5.66. The summed E-state index contributed by atoms with van der Waals surface area (Å²) in [5.41, 5.74) is 0. The molecule has 0 aromatic heterocycles. The zero-order valence-corrected chi connectivity index (χ0v) is 14.5. The number of hydrogen-bond acceptors (Lipinski definition) is 3. The minimum atomic E-state index is -0.750. The number of aliphatic hydroxyl groups excluding tert-OH is 2. The lowest BCUT2D eigenvalue weighted by Crippen LogP contribution is -2.18. The monoisotopic (exact) mass is 336 g/mol. The van der Waals surface area contributed by atoms with E-state index in [1.807, 2.05) is 12.2 Å². The van der Waals surface area contributed by atoms with Gasteiger partial charge in [0.2, 0.25) is 0 Å². The number of carboxylic acids is 1. The molecule has 0 bridgehead atoms. The van der Waals surface area contributed by atoms with Crippen molar-refractivity contribution < 1.29 is 20.1 Å². The van der Waals surface area contributed by atoms with Crippen LogP contribution in [0.25, 0.3) is 0 Å². The summed E-state index contributed by atoms with van der Waals surface area (Å²) in [7, 11) is 0. The average molecular weight is 336 g/mol. The Morgan fingerprint density at radius 3 is 2.46 bits per heavy atom. The van der Waals surface area contributed by atoms with E-state index >= 15 is 0 Å². The molecule has 0 saturated heterocycles. The van der Waals surface area contributed by atoms with Crippen LogP contribution in [0, 0.1) is 11.8 Å². The zero-order valence-electron chi connectivity index (χ0n) is 14.5. The van der Waals surface area contributed by atoms with Gasteiger partial charge in [-0.2, -0.15) is 0 Å². The third-order valence-electron chi connectivity index (χ3n) is 4.44. The normalized spacial score (nSPS) is 23.7. The van der Waals surface area contributed by atoms with Crippen LogP contribution in [0.2, 0.25) is 0 Å². The van der Waals surface area contributed by atoms with E-state index in [-0.39, 0.29) is 24.9 Å². The van der Waals surface area contributed by atoms with Gasteiger partial charge in [-0.15, -0.1) is 0 Å². The maximum absolute atomic E-state index is 10.4. The fraction of sp³-hybridized carbons (Fsp3) is 0.650. The van der Waals surface area contributed by atoms with Crippen molar-refractivity contribution in [3.05, 3.63) is 36.5 Å². The lowest BCUT2D eigenvalue weighted by atomic mass is 9.90. The van der Waals surface area contributed by atoms with Crippen molar-refractivity contribution in [2.75, 3.05) is 6.61 Å². The molecule has 3 N–H and O–H groups in total. The van der Waals surface area contributed by atoms with Crippen LogP contribution < -0.4 is 0 Å². The third-order valence-corrected chi connectivity index (χ3v) is 4.44. The van der Waals surface area contributed by atoms with Crippen LogP contribution in [0.5, 0.6) is 0 Å². The summed E-state index contributed by atoms with van der Waals surface area (Å²) in [5, 5.41) is 27.4. The predicted molar refractivity (Wildman–Crippen MR) is 96.7 cm³/mol. The van der Waals surface area contributed by atoms with Crippen molar-refractivity contribution in [2.45, 2.75) is 63.9 Å². The number of aliphatic carboxylic acids is 1. The van der Waals surface area contributed by atoms with E-state index in [2.05, 4.69) is 24.3 Å². The molecule has 0 radical (unpaired) electrons. The molecule has 0 fully saturated rings. The van der Waals surface area contributed by atoms with E-state index in [1.54, 1.807) is 0 Å². The van der Waals surface area contributed by atoms with Gasteiger partial charge in [0, 0.05) is 24.9 Å². The largest absolute Gasteiger partial charge is 0.481 e. The van der Waals surface area contributed by atoms with Gasteiger partial charge in [-0.25, -0.2) is 0 Å². The zero-order chi connectivity index (χ0) is 17.6. The van der Waals surface area contributed by atoms with E-state index in [9.17, 15) is 9.90 Å². The standard InChI is InChI=1S/C20H32O4/c21-16-10-6-2-1-3-7-11-17-14-15-19(22)18(17)12-8-4-5-9-13-20(23)24/h4,7-8,11,14-15,17-19,21-22H,1-3,5-6,9-10,12-13,16H2,(H,23,24)/t17-,18+,19-/m0/s1. The summed E-state index contributed by atoms with van der Waals surface area (Å²) in [5.74, 6) is -0.284. The predicted octanol–water partition coefficient (Wildman–Crippen LogP) is 3.85. The van der Waals surface area contributed by atoms with Crippen LogP contribution in [-0.4, -0.2) is 34.0 Å². The number of allylic oxidation sites excluding steroid dienone is 5. The van der Waals surface area contributed by atoms with Crippen molar-refractivity contribution in [1.29, 1.82) is 0 Å². The second-order valence-corrected chi connectivity index (χ2v) is 6.46. The topological polar surface area (TPSA) is 77.8 Å². The van der Waals surface area contributed by atoms with Gasteiger partial charge < -0.3 is 15.3 Å². The maximum atomic E-state index is 10.4.